The Morgan fingerprint density at radius 2 is 2.17 bits per heavy atom. The van der Waals surface area contributed by atoms with Crippen LogP contribution in [0.1, 0.15) is 5.56 Å². The van der Waals surface area contributed by atoms with Crippen molar-refractivity contribution in [2.45, 2.75) is 6.54 Å². The minimum absolute atomic E-state index is 0.0817. The number of carbonyl (C=O) groups excluding carboxylic acids is 1. The van der Waals surface area contributed by atoms with Crippen molar-refractivity contribution >= 4 is 11.9 Å². The fourth-order valence-corrected chi connectivity index (χ4v) is 2.80. The number of nitrogens with zero attached hydrogens (tertiary/aromatic N) is 1. The van der Waals surface area contributed by atoms with Crippen LogP contribution in [0, 0.1) is 23.6 Å². The fraction of sp³-hybridized carbons (Fsp3) is 0.385. The van der Waals surface area contributed by atoms with Gasteiger partial charge in [-0.15, -0.1) is 0 Å². The summed E-state index contributed by atoms with van der Waals surface area (Å²) in [6.07, 6.45) is 0. The van der Waals surface area contributed by atoms with E-state index in [0.29, 0.717) is 12.1 Å². The summed E-state index contributed by atoms with van der Waals surface area (Å²) in [7, 11) is 0. The van der Waals surface area contributed by atoms with Crippen LogP contribution >= 0.6 is 0 Å². The molecule has 2 fully saturated rings. The van der Waals surface area contributed by atoms with Crippen LogP contribution in [0.15, 0.2) is 24.3 Å². The van der Waals surface area contributed by atoms with Gasteiger partial charge in [-0.25, -0.2) is 4.39 Å². The van der Waals surface area contributed by atoms with Crippen LogP contribution in [0.5, 0.6) is 0 Å². The summed E-state index contributed by atoms with van der Waals surface area (Å²) in [6, 6.07) is 6.32. The Hall–Kier alpha value is -1.91. The van der Waals surface area contributed by atoms with Crippen molar-refractivity contribution in [2.75, 3.05) is 6.54 Å². The molecular weight excluding hydrogens is 237 g/mol. The minimum atomic E-state index is -0.899. The number of piperidine rings is 1. The molecule has 5 heteroatoms. The van der Waals surface area contributed by atoms with E-state index in [9.17, 15) is 14.0 Å². The average molecular weight is 249 g/mol. The number of rotatable bonds is 3. The second-order valence-electron chi connectivity index (χ2n) is 4.86. The van der Waals surface area contributed by atoms with Gasteiger partial charge in [-0.05, 0) is 6.07 Å². The molecule has 1 aromatic rings. The van der Waals surface area contributed by atoms with Crippen LogP contribution in [0.4, 0.5) is 4.39 Å². The Labute approximate surface area is 103 Å². The van der Waals surface area contributed by atoms with Gasteiger partial charge in [0.1, 0.15) is 5.82 Å². The van der Waals surface area contributed by atoms with Crippen LogP contribution in [-0.4, -0.2) is 28.4 Å². The molecule has 0 aromatic heterocycles. The highest BCUT2D eigenvalue weighted by Crippen LogP contribution is 2.52. The lowest BCUT2D eigenvalue weighted by molar-refractivity contribution is -0.143. The molecule has 0 radical (unpaired) electrons. The predicted molar refractivity (Wildman–Crippen MR) is 59.9 cm³/mol. The van der Waals surface area contributed by atoms with Crippen molar-refractivity contribution in [3.63, 3.8) is 0 Å². The molecular formula is C13H12FNO3. The lowest BCUT2D eigenvalue weighted by atomic mass is 10.2. The lowest BCUT2D eigenvalue weighted by Crippen LogP contribution is -2.31. The van der Waals surface area contributed by atoms with Crippen LogP contribution in [0.25, 0.3) is 0 Å². The van der Waals surface area contributed by atoms with Gasteiger partial charge in [-0.1, -0.05) is 18.2 Å². The fourth-order valence-electron chi connectivity index (χ4n) is 2.80. The van der Waals surface area contributed by atoms with Gasteiger partial charge in [0.25, 0.3) is 0 Å². The molecule has 0 bridgehead atoms. The van der Waals surface area contributed by atoms with Gasteiger partial charge in [0.2, 0.25) is 5.91 Å². The van der Waals surface area contributed by atoms with Crippen LogP contribution in [0.2, 0.25) is 0 Å². The third-order valence-electron chi connectivity index (χ3n) is 3.80. The maximum Gasteiger partial charge on any atom is 0.307 e. The van der Waals surface area contributed by atoms with Crippen LogP contribution in [0.3, 0.4) is 0 Å². The normalized spacial score (nSPS) is 29.3. The quantitative estimate of drug-likeness (QED) is 0.873. The summed E-state index contributed by atoms with van der Waals surface area (Å²) in [5.41, 5.74) is 0.471. The Balaban J connectivity index is 1.70. The second-order valence-corrected chi connectivity index (χ2v) is 4.86. The van der Waals surface area contributed by atoms with E-state index >= 15 is 0 Å². The lowest BCUT2D eigenvalue weighted by Gasteiger charge is -2.19. The molecule has 1 saturated carbocycles. The number of halogens is 1. The van der Waals surface area contributed by atoms with Gasteiger partial charge in [0, 0.05) is 24.6 Å². The van der Waals surface area contributed by atoms with E-state index in [1.54, 1.807) is 23.1 Å². The van der Waals surface area contributed by atoms with Crippen molar-refractivity contribution < 1.29 is 19.1 Å². The molecule has 1 amide bonds. The highest BCUT2D eigenvalue weighted by Gasteiger charge is 2.65. The topological polar surface area (TPSA) is 57.6 Å². The number of hydrogen-bond donors (Lipinski definition) is 1. The largest absolute Gasteiger partial charge is 0.481 e. The Kier molecular flexibility index (Phi) is 2.36. The first-order valence-corrected chi connectivity index (χ1v) is 5.84. The zero-order valence-corrected chi connectivity index (χ0v) is 9.54. The molecule has 3 rings (SSSR count). The number of aliphatic carboxylic acids is 1. The van der Waals surface area contributed by atoms with Crippen molar-refractivity contribution in [1.82, 2.24) is 4.90 Å². The Bertz CT molecular complexity index is 531. The maximum atomic E-state index is 13.5. The number of carboxylic acids is 1. The van der Waals surface area contributed by atoms with E-state index in [2.05, 4.69) is 0 Å². The van der Waals surface area contributed by atoms with E-state index in [0.717, 1.165) is 0 Å². The van der Waals surface area contributed by atoms with Crippen molar-refractivity contribution in [3.8, 4) is 0 Å². The molecule has 1 aliphatic heterocycles. The molecule has 3 unspecified atom stereocenters. The van der Waals surface area contributed by atoms with Crippen molar-refractivity contribution in [2.24, 2.45) is 17.8 Å². The maximum absolute atomic E-state index is 13.5. The SMILES string of the molecule is O=C(O)C1C2CN(Cc3ccccc3F)C(=O)C21. The van der Waals surface area contributed by atoms with Crippen LogP contribution in [-0.2, 0) is 16.1 Å². The zero-order chi connectivity index (χ0) is 12.9. The Morgan fingerprint density at radius 3 is 2.72 bits per heavy atom. The van der Waals surface area contributed by atoms with E-state index < -0.39 is 11.9 Å². The number of fused-ring (bicyclic) bond motifs is 1. The molecule has 3 atom stereocenters. The summed E-state index contributed by atoms with van der Waals surface area (Å²) < 4.78 is 13.5. The molecule has 0 spiro atoms. The van der Waals surface area contributed by atoms with Crippen LogP contribution < -0.4 is 0 Å². The molecule has 94 valence electrons. The number of hydrogen-bond acceptors (Lipinski definition) is 2. The van der Waals surface area contributed by atoms with E-state index in [4.69, 9.17) is 5.11 Å². The molecule has 1 aliphatic carbocycles. The first-order chi connectivity index (χ1) is 8.59. The molecule has 1 aromatic carbocycles. The summed E-state index contributed by atoms with van der Waals surface area (Å²) in [5.74, 6) is -2.37. The first-order valence-electron chi connectivity index (χ1n) is 5.84. The summed E-state index contributed by atoms with van der Waals surface area (Å²) in [6.45, 7) is 0.652. The molecule has 18 heavy (non-hydrogen) atoms. The molecule has 1 saturated heterocycles. The predicted octanol–water partition coefficient (Wildman–Crippen LogP) is 1.11. The number of carbonyl (C=O) groups is 2. The van der Waals surface area contributed by atoms with Gasteiger partial charge in [0.05, 0.1) is 11.8 Å². The molecule has 1 N–H and O–H groups in total. The summed E-state index contributed by atoms with van der Waals surface area (Å²) in [5, 5.41) is 8.87. The van der Waals surface area contributed by atoms with Gasteiger partial charge in [-0.2, -0.15) is 0 Å². The highest BCUT2D eigenvalue weighted by molar-refractivity contribution is 5.93. The van der Waals surface area contributed by atoms with E-state index in [1.807, 2.05) is 0 Å². The molecule has 4 nitrogen and oxygen atoms in total. The molecule has 1 heterocycles. The van der Waals surface area contributed by atoms with Crippen molar-refractivity contribution in [1.29, 1.82) is 0 Å². The third kappa shape index (κ3) is 1.58. The Morgan fingerprint density at radius 1 is 1.44 bits per heavy atom. The molecule has 2 aliphatic rings. The van der Waals surface area contributed by atoms with Gasteiger partial charge in [-0.3, -0.25) is 9.59 Å². The average Bonchev–Trinajstić information content (AvgIpc) is 2.96. The minimum Gasteiger partial charge on any atom is -0.481 e. The van der Waals surface area contributed by atoms with E-state index in [-0.39, 0.29) is 30.1 Å². The third-order valence-corrected chi connectivity index (χ3v) is 3.80. The highest BCUT2D eigenvalue weighted by atomic mass is 19.1. The summed E-state index contributed by atoms with van der Waals surface area (Å²) >= 11 is 0. The van der Waals surface area contributed by atoms with Gasteiger partial charge in [0.15, 0.2) is 0 Å². The number of likely N-dealkylation sites (tertiary alicyclic amines) is 1. The smallest absolute Gasteiger partial charge is 0.307 e. The first kappa shape index (κ1) is 11.2. The van der Waals surface area contributed by atoms with E-state index in [1.165, 1.54) is 6.07 Å². The second kappa shape index (κ2) is 3.80. The standard InChI is InChI=1S/C13H12FNO3/c14-9-4-2-1-3-7(9)5-15-6-8-10(12(15)16)11(8)13(17)18/h1-4,8,10-11H,5-6H2,(H,17,18). The number of benzene rings is 1. The van der Waals surface area contributed by atoms with Crippen molar-refractivity contribution in [3.05, 3.63) is 35.6 Å². The zero-order valence-electron chi connectivity index (χ0n) is 9.54. The summed E-state index contributed by atoms with van der Waals surface area (Å²) in [4.78, 5) is 24.3. The van der Waals surface area contributed by atoms with Gasteiger partial charge >= 0.3 is 5.97 Å². The monoisotopic (exact) mass is 249 g/mol. The number of carboxylic acid groups (broad SMARTS) is 1. The number of amides is 1. The van der Waals surface area contributed by atoms with Gasteiger partial charge < -0.3 is 10.0 Å².